The van der Waals surface area contributed by atoms with E-state index in [1.54, 1.807) is 6.20 Å². The number of rotatable bonds is 3. The van der Waals surface area contributed by atoms with Gasteiger partial charge in [-0.25, -0.2) is 9.97 Å². The summed E-state index contributed by atoms with van der Waals surface area (Å²) in [5.41, 5.74) is -0.100. The quantitative estimate of drug-likeness (QED) is 0.640. The van der Waals surface area contributed by atoms with Crippen molar-refractivity contribution in [1.29, 1.82) is 0 Å². The normalized spacial score (nSPS) is 28.8. The van der Waals surface area contributed by atoms with E-state index in [-0.39, 0.29) is 17.4 Å². The maximum absolute atomic E-state index is 9.67. The van der Waals surface area contributed by atoms with Crippen LogP contribution >= 0.6 is 11.6 Å². The van der Waals surface area contributed by atoms with Crippen LogP contribution < -0.4 is 10.8 Å². The molecule has 2 heterocycles. The molecule has 1 aliphatic carbocycles. The number of aliphatic hydroxyl groups is 1. The van der Waals surface area contributed by atoms with Gasteiger partial charge in [0.15, 0.2) is 0 Å². The summed E-state index contributed by atoms with van der Waals surface area (Å²) in [6, 6.07) is 0.251. The van der Waals surface area contributed by atoms with Crippen LogP contribution in [0.25, 0.3) is 0 Å². The highest BCUT2D eigenvalue weighted by Gasteiger charge is 2.52. The lowest BCUT2D eigenvalue weighted by Gasteiger charge is -2.32. The minimum atomic E-state index is -0.538. The second kappa shape index (κ2) is 6.44. The van der Waals surface area contributed by atoms with Crippen molar-refractivity contribution in [2.75, 3.05) is 5.32 Å². The molecule has 0 unspecified atom stereocenters. The number of hydrogen-bond acceptors (Lipinski definition) is 6. The fourth-order valence-electron chi connectivity index (χ4n) is 3.04. The molecule has 0 amide bonds. The van der Waals surface area contributed by atoms with Crippen LogP contribution in [-0.4, -0.2) is 45.5 Å². The van der Waals surface area contributed by atoms with E-state index in [1.807, 2.05) is 27.7 Å². The first-order valence-electron chi connectivity index (χ1n) is 8.50. The third kappa shape index (κ3) is 3.54. The van der Waals surface area contributed by atoms with Gasteiger partial charge in [0.05, 0.1) is 17.3 Å². The Balaban J connectivity index is 1.82. The summed E-state index contributed by atoms with van der Waals surface area (Å²) in [6.45, 7) is 8.05. The fourth-order valence-corrected chi connectivity index (χ4v) is 3.17. The van der Waals surface area contributed by atoms with E-state index in [9.17, 15) is 5.11 Å². The summed E-state index contributed by atoms with van der Waals surface area (Å²) in [7, 11) is -0.538. The van der Waals surface area contributed by atoms with Crippen LogP contribution in [0.3, 0.4) is 0 Å². The monoisotopic (exact) mass is 353 g/mol. The highest BCUT2D eigenvalue weighted by molar-refractivity contribution is 6.63. The Bertz CT molecular complexity index is 590. The van der Waals surface area contributed by atoms with Crippen LogP contribution in [0.15, 0.2) is 6.20 Å². The molecule has 2 fully saturated rings. The number of hydrogen-bond donors (Lipinski definition) is 2. The molecule has 1 saturated heterocycles. The molecule has 6 nitrogen and oxygen atoms in total. The van der Waals surface area contributed by atoms with Crippen LogP contribution in [0.1, 0.15) is 53.4 Å². The minimum absolute atomic E-state index is 0.189. The number of aromatic nitrogens is 2. The number of nitrogens with one attached hydrogen (secondary N) is 1. The zero-order chi connectivity index (χ0) is 17.5. The summed E-state index contributed by atoms with van der Waals surface area (Å²) < 4.78 is 12.2. The van der Waals surface area contributed by atoms with Crippen LogP contribution in [0.4, 0.5) is 5.82 Å². The maximum atomic E-state index is 9.67. The van der Waals surface area contributed by atoms with Gasteiger partial charge in [-0.1, -0.05) is 0 Å². The Hall–Kier alpha value is -0.885. The lowest BCUT2D eigenvalue weighted by atomic mass is 9.80. The van der Waals surface area contributed by atoms with Crippen molar-refractivity contribution in [3.05, 3.63) is 11.5 Å². The van der Waals surface area contributed by atoms with Gasteiger partial charge in [0, 0.05) is 17.7 Å². The molecule has 3 rings (SSSR count). The molecule has 1 aromatic rings. The van der Waals surface area contributed by atoms with Gasteiger partial charge in [-0.3, -0.25) is 0 Å². The molecular formula is C16H25BClN3O3. The lowest BCUT2D eigenvalue weighted by molar-refractivity contribution is 0.00578. The molecule has 1 saturated carbocycles. The molecular weight excluding hydrogens is 328 g/mol. The second-order valence-electron chi connectivity index (χ2n) is 7.68. The lowest BCUT2D eigenvalue weighted by Crippen LogP contribution is -2.41. The number of aliphatic hydroxyl groups excluding tert-OH is 1. The Labute approximate surface area is 148 Å². The molecule has 24 heavy (non-hydrogen) atoms. The summed E-state index contributed by atoms with van der Waals surface area (Å²) in [6.07, 6.45) is 4.85. The van der Waals surface area contributed by atoms with Gasteiger partial charge >= 0.3 is 7.12 Å². The molecule has 0 aromatic carbocycles. The molecule has 2 aliphatic rings. The average Bonchev–Trinajstić information content (AvgIpc) is 2.70. The van der Waals surface area contributed by atoms with Gasteiger partial charge in [-0.2, -0.15) is 0 Å². The first-order chi connectivity index (χ1) is 11.2. The van der Waals surface area contributed by atoms with Crippen molar-refractivity contribution in [3.8, 4) is 0 Å². The van der Waals surface area contributed by atoms with Gasteiger partial charge in [0.1, 0.15) is 5.82 Å². The molecule has 0 radical (unpaired) electrons. The summed E-state index contributed by atoms with van der Waals surface area (Å²) in [5.74, 6) is 0.648. The maximum Gasteiger partial charge on any atom is 0.500 e. The van der Waals surface area contributed by atoms with E-state index in [0.717, 1.165) is 31.1 Å². The summed E-state index contributed by atoms with van der Waals surface area (Å²) in [4.78, 5) is 8.45. The number of nitrogens with zero attached hydrogens (tertiary/aromatic N) is 2. The van der Waals surface area contributed by atoms with Gasteiger partial charge in [0.25, 0.3) is 0 Å². The zero-order valence-electron chi connectivity index (χ0n) is 14.7. The van der Waals surface area contributed by atoms with Crippen molar-refractivity contribution < 1.29 is 14.4 Å². The average molecular weight is 354 g/mol. The molecule has 132 valence electrons. The van der Waals surface area contributed by atoms with Crippen molar-refractivity contribution in [3.63, 3.8) is 0 Å². The summed E-state index contributed by atoms with van der Waals surface area (Å²) >= 11 is 5.99. The standard InChI is InChI=1S/C16H25BClN3O3/c1-15(2)16(3,4)24-17(23-15)12-9-19-14(18)21-13(12)20-10-5-7-11(22)8-6-10/h9-11,22H,5-8H2,1-4H3,(H,19,20,21). The van der Waals surface area contributed by atoms with Gasteiger partial charge < -0.3 is 19.7 Å². The van der Waals surface area contributed by atoms with Crippen molar-refractivity contribution in [2.24, 2.45) is 0 Å². The Morgan fingerprint density at radius 3 is 2.33 bits per heavy atom. The van der Waals surface area contributed by atoms with E-state index < -0.39 is 18.3 Å². The fraction of sp³-hybridized carbons (Fsp3) is 0.750. The Kier molecular flexibility index (Phi) is 4.81. The van der Waals surface area contributed by atoms with Crippen LogP contribution in [0, 0.1) is 0 Å². The highest BCUT2D eigenvalue weighted by Crippen LogP contribution is 2.37. The predicted octanol–water partition coefficient (Wildman–Crippen LogP) is 2.14. The van der Waals surface area contributed by atoms with Crippen molar-refractivity contribution >= 4 is 30.0 Å². The molecule has 1 aliphatic heterocycles. The van der Waals surface area contributed by atoms with Gasteiger partial charge in [0.2, 0.25) is 5.28 Å². The highest BCUT2D eigenvalue weighted by atomic mass is 35.5. The Morgan fingerprint density at radius 1 is 1.17 bits per heavy atom. The van der Waals surface area contributed by atoms with Crippen molar-refractivity contribution in [2.45, 2.75) is 76.7 Å². The van der Waals surface area contributed by atoms with E-state index in [4.69, 9.17) is 20.9 Å². The van der Waals surface area contributed by atoms with Crippen LogP contribution in [0.5, 0.6) is 0 Å². The van der Waals surface area contributed by atoms with E-state index in [1.165, 1.54) is 0 Å². The van der Waals surface area contributed by atoms with Gasteiger partial charge in [-0.15, -0.1) is 0 Å². The third-order valence-electron chi connectivity index (χ3n) is 5.33. The van der Waals surface area contributed by atoms with E-state index >= 15 is 0 Å². The largest absolute Gasteiger partial charge is 0.500 e. The molecule has 1 aromatic heterocycles. The second-order valence-corrected chi connectivity index (χ2v) is 8.02. The first-order valence-corrected chi connectivity index (χ1v) is 8.88. The third-order valence-corrected chi connectivity index (χ3v) is 5.51. The minimum Gasteiger partial charge on any atom is -0.399 e. The molecule has 0 atom stereocenters. The number of anilines is 1. The topological polar surface area (TPSA) is 76.5 Å². The zero-order valence-corrected chi connectivity index (χ0v) is 15.4. The first kappa shape index (κ1) is 17.9. The Morgan fingerprint density at radius 2 is 1.75 bits per heavy atom. The number of halogens is 1. The van der Waals surface area contributed by atoms with Crippen LogP contribution in [0.2, 0.25) is 5.28 Å². The summed E-state index contributed by atoms with van der Waals surface area (Å²) in [5, 5.41) is 13.3. The van der Waals surface area contributed by atoms with E-state index in [0.29, 0.717) is 5.82 Å². The predicted molar refractivity (Wildman–Crippen MR) is 94.6 cm³/mol. The molecule has 2 N–H and O–H groups in total. The van der Waals surface area contributed by atoms with Crippen LogP contribution in [-0.2, 0) is 9.31 Å². The van der Waals surface area contributed by atoms with Crippen molar-refractivity contribution in [1.82, 2.24) is 9.97 Å². The molecule has 8 heteroatoms. The SMILES string of the molecule is CC1(C)OB(c2cnc(Cl)nc2NC2CCC(O)CC2)OC1(C)C. The smallest absolute Gasteiger partial charge is 0.399 e. The van der Waals surface area contributed by atoms with E-state index in [2.05, 4.69) is 15.3 Å². The van der Waals surface area contributed by atoms with Gasteiger partial charge in [-0.05, 0) is 65.0 Å². The molecule has 0 bridgehead atoms. The molecule has 0 spiro atoms.